The first-order valence-electron chi connectivity index (χ1n) is 40.4. The highest BCUT2D eigenvalue weighted by molar-refractivity contribution is 14.1. The molecule has 4 aliphatic rings. The highest BCUT2D eigenvalue weighted by Crippen LogP contribution is 2.31. The maximum absolute atomic E-state index is 14.7. The van der Waals surface area contributed by atoms with E-state index in [9.17, 15) is 40.7 Å². The average molecular weight is 1810 g/mol. The van der Waals surface area contributed by atoms with Crippen molar-refractivity contribution in [1.82, 2.24) is 64.3 Å². The van der Waals surface area contributed by atoms with Crippen molar-refractivity contribution in [2.75, 3.05) is 236 Å². The molecule has 14 rings (SSSR count). The average Bonchev–Trinajstić information content (AvgIpc) is 1.55. The number of fused-ring (bicyclic) bond motifs is 2. The monoisotopic (exact) mass is 1810 g/mol. The lowest BCUT2D eigenvalue weighted by Gasteiger charge is -2.35. The van der Waals surface area contributed by atoms with Crippen molar-refractivity contribution in [3.63, 3.8) is 0 Å². The van der Waals surface area contributed by atoms with E-state index in [2.05, 4.69) is 35.3 Å². The van der Waals surface area contributed by atoms with Gasteiger partial charge in [-0.1, -0.05) is 36.4 Å². The Balaban J connectivity index is 0.000000210. The van der Waals surface area contributed by atoms with Gasteiger partial charge in [0.1, 0.15) is 29.9 Å². The molecule has 0 unspecified atom stereocenters. The Kier molecular flexibility index (Phi) is 32.8. The smallest absolute Gasteiger partial charge is 0.277 e. The standard InChI is InChI=1S/C42H48F3IN8O6.C42H49F3N10O7/c1-29-47-36-4-2-3-5-37(36)54(29)42-49-40(48-41(50-42)53-15-18-56-19-16-53)52-12-10-51(11-13-52)14-17-57-20-21-58-22-23-59-24-25-60-28-38(55)32-8-9-34(43)39(45)33(32)26-30-6-7-31(46)27-35(30)44;1-28-7-10-33(32(44)27-28)47-38-30(8-9-31(43)37(38)45)39(57)51-62-26-25-61-24-23-60-22-21-58-18-11-36(56)52-12-14-53(15-13-52)40-48-41(54-16-19-59-20-17-54)50-42(49-40)55-29(2)46-34-5-3-4-6-35(34)55/h2-9,27H,10-26,28H2,1H3;3-10,27,47H,11-26H2,1-2H3,(H,51,57). The molecule has 31 nitrogen and oxygen atoms in total. The van der Waals surface area contributed by atoms with E-state index in [1.807, 2.05) is 99.0 Å². The number of Topliss-reactive ketones (excluding diaryl/α,β-unsaturated/α-hetero) is 1. The lowest BCUT2D eigenvalue weighted by Crippen LogP contribution is -2.49. The number of aryl methyl sites for hydroxylation is 3. The van der Waals surface area contributed by atoms with Gasteiger partial charge in [-0.05, 0) is 127 Å². The van der Waals surface area contributed by atoms with Gasteiger partial charge in [0.15, 0.2) is 29.1 Å². The third-order valence-electron chi connectivity index (χ3n) is 20.4. The van der Waals surface area contributed by atoms with Gasteiger partial charge in [-0.15, -0.1) is 0 Å². The molecule has 0 saturated carbocycles. The zero-order chi connectivity index (χ0) is 85.3. The topological polar surface area (TPSA) is 300 Å². The number of ketones is 1. The van der Waals surface area contributed by atoms with Gasteiger partial charge in [0, 0.05) is 106 Å². The van der Waals surface area contributed by atoms with Crippen LogP contribution in [0.5, 0.6) is 0 Å². The van der Waals surface area contributed by atoms with Crippen LogP contribution in [0.2, 0.25) is 0 Å². The number of nitrogens with one attached hydrogen (secondary N) is 2. The van der Waals surface area contributed by atoms with E-state index < -0.39 is 52.3 Å². The molecule has 4 aromatic heterocycles. The van der Waals surface area contributed by atoms with E-state index in [0.717, 1.165) is 97.7 Å². The first kappa shape index (κ1) is 89.5. The van der Waals surface area contributed by atoms with Crippen LogP contribution in [-0.2, 0) is 58.7 Å². The van der Waals surface area contributed by atoms with Crippen LogP contribution in [0.25, 0.3) is 34.0 Å². The highest BCUT2D eigenvalue weighted by atomic mass is 127. The molecule has 4 saturated heterocycles. The molecular weight excluding hydrogens is 1710 g/mol. The minimum absolute atomic E-state index is 0.00260. The number of aromatic nitrogens is 10. The summed E-state index contributed by atoms with van der Waals surface area (Å²) in [6, 6.07) is 28.4. The zero-order valence-corrected chi connectivity index (χ0v) is 70.2. The van der Waals surface area contributed by atoms with Gasteiger partial charge in [0.05, 0.1) is 164 Å². The molecule has 0 aliphatic carbocycles. The quantitative estimate of drug-likeness (QED) is 0.0119. The minimum Gasteiger partial charge on any atom is -0.379 e. The molecule has 2 amide bonds. The number of carbonyl (C=O) groups excluding carboxylic acids is 3. The molecule has 650 valence electrons. The van der Waals surface area contributed by atoms with Crippen molar-refractivity contribution in [1.29, 1.82) is 0 Å². The summed E-state index contributed by atoms with van der Waals surface area (Å²) in [6.45, 7) is 20.5. The summed E-state index contributed by atoms with van der Waals surface area (Å²) in [5, 5.41) is 2.46. The van der Waals surface area contributed by atoms with Crippen LogP contribution in [0.15, 0.2) is 109 Å². The number of piperazine rings is 2. The molecule has 0 atom stereocenters. The molecule has 0 spiro atoms. The summed E-state index contributed by atoms with van der Waals surface area (Å²) in [4.78, 5) is 95.3. The summed E-state index contributed by atoms with van der Waals surface area (Å²) < 4.78 is 141. The molecule has 4 aliphatic heterocycles. The third-order valence-corrected chi connectivity index (χ3v) is 21.1. The number of hydrogen-bond donors (Lipinski definition) is 2. The van der Waals surface area contributed by atoms with E-state index in [1.54, 1.807) is 19.1 Å². The predicted octanol–water partition coefficient (Wildman–Crippen LogP) is 9.31. The SMILES string of the molecule is Cc1ccc(Nc2c(C(=O)NOCCOCCOCCOCCC(=O)N3CCN(c4nc(N5CCOCC5)nc(-n5c(C)nc6ccccc65)n4)CC3)ccc(F)c2F)c(F)c1.Cc1nc2ccccc2n1-c1nc(N2CCOCC2)nc(N2CCN(CCOCCOCCOCCOCC(=O)c3ccc(F)c(F)c3Cc3ccc(I)cc3F)CC2)n1. The highest BCUT2D eigenvalue weighted by Gasteiger charge is 2.30. The maximum Gasteiger partial charge on any atom is 0.277 e. The summed E-state index contributed by atoms with van der Waals surface area (Å²) in [7, 11) is 0. The van der Waals surface area contributed by atoms with Crippen molar-refractivity contribution in [3.8, 4) is 11.9 Å². The number of morpholine rings is 2. The molecule has 38 heteroatoms. The second kappa shape index (κ2) is 44.7. The summed E-state index contributed by atoms with van der Waals surface area (Å²) in [5.74, 6) is -2.42. The number of ether oxygens (including phenoxy) is 9. The van der Waals surface area contributed by atoms with Crippen molar-refractivity contribution >= 4 is 97.4 Å². The molecule has 2 N–H and O–H groups in total. The second-order valence-corrected chi connectivity index (χ2v) is 29.9. The number of anilines is 6. The lowest BCUT2D eigenvalue weighted by molar-refractivity contribution is -0.132. The molecule has 122 heavy (non-hydrogen) atoms. The summed E-state index contributed by atoms with van der Waals surface area (Å²) in [5.41, 5.74) is 5.35. The van der Waals surface area contributed by atoms with E-state index in [1.165, 1.54) is 30.3 Å². The van der Waals surface area contributed by atoms with Crippen molar-refractivity contribution in [2.24, 2.45) is 0 Å². The van der Waals surface area contributed by atoms with E-state index in [4.69, 9.17) is 87.3 Å². The number of carbonyl (C=O) groups is 3. The van der Waals surface area contributed by atoms with Crippen molar-refractivity contribution in [3.05, 3.63) is 187 Å². The van der Waals surface area contributed by atoms with Crippen molar-refractivity contribution in [2.45, 2.75) is 33.6 Å². The molecule has 6 aromatic carbocycles. The third kappa shape index (κ3) is 24.2. The number of benzene rings is 6. The molecule has 10 aromatic rings. The number of imidazole rings is 2. The zero-order valence-electron chi connectivity index (χ0n) is 68.0. The van der Waals surface area contributed by atoms with E-state index >= 15 is 0 Å². The Morgan fingerprint density at radius 1 is 0.443 bits per heavy atom. The van der Waals surface area contributed by atoms with Crippen LogP contribution in [0, 0.1) is 59.2 Å². The fraction of sp³-hybridized carbons (Fsp3) is 0.440. The van der Waals surface area contributed by atoms with Crippen LogP contribution in [0.4, 0.5) is 61.5 Å². The Morgan fingerprint density at radius 3 is 1.44 bits per heavy atom. The summed E-state index contributed by atoms with van der Waals surface area (Å²) in [6.07, 6.45) is -0.0313. The number of nitrogens with zero attached hydrogens (tertiary/aromatic N) is 16. The Labute approximate surface area is 714 Å². The number of amides is 2. The van der Waals surface area contributed by atoms with Crippen molar-refractivity contribution < 1.29 is 88.2 Å². The number of halogens is 7. The molecule has 8 heterocycles. The summed E-state index contributed by atoms with van der Waals surface area (Å²) >= 11 is 1.96. The first-order valence-corrected chi connectivity index (χ1v) is 41.5. The van der Waals surface area contributed by atoms with Crippen LogP contribution in [0.1, 0.15) is 55.5 Å². The molecule has 0 radical (unpaired) electrons. The second-order valence-electron chi connectivity index (χ2n) is 28.7. The Hall–Kier alpha value is -10.2. The lowest BCUT2D eigenvalue weighted by atomic mass is 9.96. The minimum atomic E-state index is -1.34. The van der Waals surface area contributed by atoms with Gasteiger partial charge in [-0.2, -0.15) is 29.9 Å². The fourth-order valence-corrected chi connectivity index (χ4v) is 14.4. The number of para-hydroxylation sites is 4. The molecular formula is C84H97F6IN18O13. The fourth-order valence-electron chi connectivity index (χ4n) is 13.9. The van der Waals surface area contributed by atoms with Gasteiger partial charge in [-0.25, -0.2) is 41.8 Å². The first-order chi connectivity index (χ1) is 59.4. The Bertz CT molecular complexity index is 5170. The number of hydrogen-bond acceptors (Lipinski definition) is 27. The van der Waals surface area contributed by atoms with Crippen LogP contribution in [0.3, 0.4) is 0 Å². The Morgan fingerprint density at radius 2 is 0.910 bits per heavy atom. The van der Waals surface area contributed by atoms with Gasteiger partial charge >= 0.3 is 0 Å². The number of hydroxylamine groups is 1. The van der Waals surface area contributed by atoms with Gasteiger partial charge < -0.3 is 72.4 Å². The van der Waals surface area contributed by atoms with E-state index in [-0.39, 0.29) is 99.5 Å². The van der Waals surface area contributed by atoms with E-state index in [0.29, 0.717) is 157 Å². The largest absolute Gasteiger partial charge is 0.379 e. The van der Waals surface area contributed by atoms with Crippen LogP contribution >= 0.6 is 22.6 Å². The van der Waals surface area contributed by atoms with Crippen LogP contribution in [-0.4, -0.2) is 287 Å². The van der Waals surface area contributed by atoms with Gasteiger partial charge in [0.25, 0.3) is 5.91 Å². The number of rotatable bonds is 39. The normalized spacial score (nSPS) is 14.7. The van der Waals surface area contributed by atoms with Crippen LogP contribution < -0.4 is 30.4 Å². The van der Waals surface area contributed by atoms with Gasteiger partial charge in [-0.3, -0.25) is 33.3 Å². The maximum atomic E-state index is 14.7. The molecule has 0 bridgehead atoms. The van der Waals surface area contributed by atoms with Gasteiger partial charge in [0.2, 0.25) is 41.6 Å². The predicted molar refractivity (Wildman–Crippen MR) is 449 cm³/mol. The molecule has 4 fully saturated rings.